The molecule has 0 aliphatic heterocycles. The van der Waals surface area contributed by atoms with Crippen molar-refractivity contribution < 1.29 is 31.1 Å². The van der Waals surface area contributed by atoms with Crippen LogP contribution in [-0.4, -0.2) is 24.6 Å². The number of benzene rings is 2. The molecule has 6 nitrogen and oxygen atoms in total. The minimum Gasteiger partial charge on any atom is -0.473 e. The van der Waals surface area contributed by atoms with E-state index in [1.165, 1.54) is 24.3 Å². The summed E-state index contributed by atoms with van der Waals surface area (Å²) in [4.78, 5) is 16.6. The van der Waals surface area contributed by atoms with E-state index in [-0.39, 0.29) is 21.3 Å². The number of carbonyl (C=O) groups excluding carboxylic acids is 1. The lowest BCUT2D eigenvalue weighted by atomic mass is 10.1. The molecule has 4 rings (SSSR count). The molecule has 1 aromatic heterocycles. The Morgan fingerprint density at radius 1 is 1.13 bits per heavy atom. The van der Waals surface area contributed by atoms with Gasteiger partial charge in [0.1, 0.15) is 5.82 Å². The maximum Gasteiger partial charge on any atom is 0.271 e. The Bertz CT molecular complexity index is 1230. The van der Waals surface area contributed by atoms with Crippen LogP contribution in [0.3, 0.4) is 0 Å². The number of carbonyl (C=O) groups is 1. The predicted molar refractivity (Wildman–Crippen MR) is 107 cm³/mol. The van der Waals surface area contributed by atoms with E-state index in [4.69, 9.17) is 4.74 Å². The van der Waals surface area contributed by atoms with E-state index in [0.29, 0.717) is 30.2 Å². The van der Waals surface area contributed by atoms with Gasteiger partial charge < -0.3 is 4.74 Å². The summed E-state index contributed by atoms with van der Waals surface area (Å²) in [6.45, 7) is 0. The minimum atomic E-state index is -3.44. The number of ether oxygens (including phenoxy) is 1. The van der Waals surface area contributed by atoms with Crippen LogP contribution in [0.5, 0.6) is 5.75 Å². The number of hydrogen-bond donors (Lipinski definition) is 1. The largest absolute Gasteiger partial charge is 0.473 e. The van der Waals surface area contributed by atoms with E-state index in [1.807, 2.05) is 0 Å². The molecular formula is C20H15F3N2O4S2. The van der Waals surface area contributed by atoms with Crippen LogP contribution in [0.1, 0.15) is 24.5 Å². The fourth-order valence-electron chi connectivity index (χ4n) is 2.86. The van der Waals surface area contributed by atoms with E-state index in [2.05, 4.69) is 10.3 Å². The van der Waals surface area contributed by atoms with Crippen molar-refractivity contribution in [1.29, 1.82) is 0 Å². The van der Waals surface area contributed by atoms with Crippen molar-refractivity contribution in [2.45, 2.75) is 29.1 Å². The van der Waals surface area contributed by atoms with Crippen molar-refractivity contribution in [3.05, 3.63) is 71.0 Å². The zero-order chi connectivity index (χ0) is 22.2. The van der Waals surface area contributed by atoms with Gasteiger partial charge in [-0.05, 0) is 37.1 Å². The number of sulfone groups is 1. The minimum absolute atomic E-state index is 0.0383. The van der Waals surface area contributed by atoms with Gasteiger partial charge in [0.2, 0.25) is 6.10 Å². The normalized spacial score (nSPS) is 14.8. The van der Waals surface area contributed by atoms with E-state index in [0.717, 1.165) is 18.3 Å². The molecule has 2 aromatic carbocycles. The summed E-state index contributed by atoms with van der Waals surface area (Å²) in [5.41, 5.74) is 0.216. The molecule has 1 fully saturated rings. The quantitative estimate of drug-likeness (QED) is 0.560. The van der Waals surface area contributed by atoms with E-state index in [1.54, 1.807) is 0 Å². The second-order valence-electron chi connectivity index (χ2n) is 6.84. The van der Waals surface area contributed by atoms with Gasteiger partial charge in [-0.15, -0.1) is 0 Å². The van der Waals surface area contributed by atoms with Gasteiger partial charge in [0, 0.05) is 11.6 Å². The average Bonchev–Trinajstić information content (AvgIpc) is 3.51. The first-order chi connectivity index (χ1) is 14.7. The second kappa shape index (κ2) is 8.31. The highest BCUT2D eigenvalue weighted by Gasteiger charge is 2.37. The fourth-order valence-corrected chi connectivity index (χ4v) is 5.06. The van der Waals surface area contributed by atoms with Crippen LogP contribution in [0.2, 0.25) is 0 Å². The number of aromatic nitrogens is 1. The number of hydrogen-bond acceptors (Lipinski definition) is 6. The summed E-state index contributed by atoms with van der Waals surface area (Å²) in [6.07, 6.45) is 0.691. The molecule has 1 atom stereocenters. The number of nitrogens with zero attached hydrogens (tertiary/aromatic N) is 1. The van der Waals surface area contributed by atoms with E-state index in [9.17, 15) is 26.4 Å². The zero-order valence-electron chi connectivity index (χ0n) is 15.7. The average molecular weight is 468 g/mol. The van der Waals surface area contributed by atoms with Gasteiger partial charge in [0.25, 0.3) is 5.91 Å². The summed E-state index contributed by atoms with van der Waals surface area (Å²) in [6, 6.07) is 8.04. The van der Waals surface area contributed by atoms with Crippen LogP contribution in [-0.2, 0) is 14.6 Å². The lowest BCUT2D eigenvalue weighted by Gasteiger charge is -2.19. The number of halogens is 3. The van der Waals surface area contributed by atoms with Crippen LogP contribution in [0.15, 0.2) is 53.6 Å². The number of amides is 1. The topological polar surface area (TPSA) is 85.4 Å². The summed E-state index contributed by atoms with van der Waals surface area (Å²) in [5.74, 6) is -3.03. The smallest absolute Gasteiger partial charge is 0.271 e. The van der Waals surface area contributed by atoms with Crippen LogP contribution < -0.4 is 10.1 Å². The highest BCUT2D eigenvalue weighted by molar-refractivity contribution is 7.92. The van der Waals surface area contributed by atoms with Gasteiger partial charge >= 0.3 is 0 Å². The first-order valence-electron chi connectivity index (χ1n) is 9.12. The molecule has 0 bridgehead atoms. The molecule has 162 valence electrons. The standard InChI is InChI=1S/C20H15F3N2O4S2/c21-12-3-8-16(15(22)9-12)29-18(19(26)25-20-24-10-17(23)30-20)11-1-4-13(5-2-11)31(27,28)14-6-7-14/h1-5,8-10,14,18H,6-7H2,(H,24,25,26). The van der Waals surface area contributed by atoms with E-state index >= 15 is 0 Å². The number of rotatable bonds is 7. The number of anilines is 1. The fraction of sp³-hybridized carbons (Fsp3) is 0.200. The van der Waals surface area contributed by atoms with Crippen LogP contribution in [0, 0.1) is 16.8 Å². The molecule has 1 amide bonds. The van der Waals surface area contributed by atoms with Crippen LogP contribution >= 0.6 is 11.3 Å². The Labute approximate surface area is 179 Å². The van der Waals surface area contributed by atoms with Crippen molar-refractivity contribution in [1.82, 2.24) is 4.98 Å². The molecule has 1 saturated carbocycles. The molecule has 0 saturated heterocycles. The van der Waals surface area contributed by atoms with Crippen molar-refractivity contribution in [2.24, 2.45) is 0 Å². The molecule has 11 heteroatoms. The third-order valence-corrected chi connectivity index (χ3v) is 7.54. The third kappa shape index (κ3) is 4.72. The molecule has 1 aliphatic carbocycles. The molecule has 1 N–H and O–H groups in total. The summed E-state index contributed by atoms with van der Waals surface area (Å²) in [7, 11) is -3.44. The lowest BCUT2D eigenvalue weighted by Crippen LogP contribution is -2.26. The SMILES string of the molecule is O=C(Nc1ncc(F)s1)C(Oc1ccc(F)cc1F)c1ccc(S(=O)(=O)C2CC2)cc1. The maximum atomic E-state index is 14.1. The van der Waals surface area contributed by atoms with Gasteiger partial charge in [0.05, 0.1) is 16.3 Å². The molecule has 1 unspecified atom stereocenters. The summed E-state index contributed by atoms with van der Waals surface area (Å²) in [5, 5.41) is 1.32. The number of thiazole rings is 1. The molecule has 1 aliphatic rings. The Balaban J connectivity index is 1.64. The molecule has 3 aromatic rings. The maximum absolute atomic E-state index is 14.1. The van der Waals surface area contributed by atoms with E-state index < -0.39 is 43.9 Å². The Hall–Kier alpha value is -2.92. The van der Waals surface area contributed by atoms with Gasteiger partial charge in [-0.2, -0.15) is 4.39 Å². The Morgan fingerprint density at radius 2 is 1.84 bits per heavy atom. The van der Waals surface area contributed by atoms with Crippen LogP contribution in [0.4, 0.5) is 18.3 Å². The molecule has 31 heavy (non-hydrogen) atoms. The predicted octanol–water partition coefficient (Wildman–Crippen LogP) is 4.26. The lowest BCUT2D eigenvalue weighted by molar-refractivity contribution is -0.123. The summed E-state index contributed by atoms with van der Waals surface area (Å²) >= 11 is 0.588. The van der Waals surface area contributed by atoms with Gasteiger partial charge in [0.15, 0.2) is 31.7 Å². The third-order valence-electron chi connectivity index (χ3n) is 4.56. The highest BCUT2D eigenvalue weighted by atomic mass is 32.2. The van der Waals surface area contributed by atoms with Gasteiger partial charge in [-0.1, -0.05) is 23.5 Å². The first-order valence-corrected chi connectivity index (χ1v) is 11.5. The Morgan fingerprint density at radius 3 is 2.42 bits per heavy atom. The van der Waals surface area contributed by atoms with Crippen molar-refractivity contribution in [3.63, 3.8) is 0 Å². The molecular weight excluding hydrogens is 453 g/mol. The van der Waals surface area contributed by atoms with Crippen molar-refractivity contribution in [3.8, 4) is 5.75 Å². The molecule has 0 spiro atoms. The zero-order valence-corrected chi connectivity index (χ0v) is 17.4. The molecule has 0 radical (unpaired) electrons. The highest BCUT2D eigenvalue weighted by Crippen LogP contribution is 2.34. The Kier molecular flexibility index (Phi) is 5.71. The number of nitrogens with one attached hydrogen (secondary N) is 1. The van der Waals surface area contributed by atoms with Crippen molar-refractivity contribution >= 4 is 32.2 Å². The van der Waals surface area contributed by atoms with Gasteiger partial charge in [-0.25, -0.2) is 22.2 Å². The molecule has 1 heterocycles. The monoisotopic (exact) mass is 468 g/mol. The van der Waals surface area contributed by atoms with Crippen LogP contribution in [0.25, 0.3) is 0 Å². The van der Waals surface area contributed by atoms with Crippen molar-refractivity contribution in [2.75, 3.05) is 5.32 Å². The second-order valence-corrected chi connectivity index (χ2v) is 10.1. The van der Waals surface area contributed by atoms with Gasteiger partial charge in [-0.3, -0.25) is 10.1 Å². The summed E-state index contributed by atoms with van der Waals surface area (Å²) < 4.78 is 70.8. The first kappa shape index (κ1) is 21.3.